The maximum atomic E-state index is 8.73. The Morgan fingerprint density at radius 3 is 2.25 bits per heavy atom. The molecule has 0 bridgehead atoms. The number of nitrogens with one attached hydrogen (secondary N) is 1. The minimum absolute atomic E-state index is 0.0536. The average Bonchev–Trinajstić information content (AvgIpc) is 2.52. The molecule has 98 valence electrons. The van der Waals surface area contributed by atoms with E-state index in [1.807, 2.05) is 42.5 Å². The van der Waals surface area contributed by atoms with Crippen LogP contribution in [0.3, 0.4) is 0 Å². The first kappa shape index (κ1) is 13.5. The van der Waals surface area contributed by atoms with Gasteiger partial charge in [0.1, 0.15) is 11.8 Å². The molecule has 0 heterocycles. The molecule has 0 spiro atoms. The molecule has 0 saturated carbocycles. The van der Waals surface area contributed by atoms with Gasteiger partial charge in [-0.25, -0.2) is 0 Å². The number of rotatable bonds is 5. The van der Waals surface area contributed by atoms with Crippen LogP contribution in [0.15, 0.2) is 48.5 Å². The van der Waals surface area contributed by atoms with E-state index in [0.29, 0.717) is 17.9 Å². The third-order valence-electron chi connectivity index (χ3n) is 2.74. The normalized spacial score (nSPS) is 9.30. The Morgan fingerprint density at radius 2 is 1.65 bits per heavy atom. The van der Waals surface area contributed by atoms with Crippen LogP contribution in [-0.4, -0.2) is 6.61 Å². The first-order chi connectivity index (χ1) is 9.81. The van der Waals surface area contributed by atoms with Gasteiger partial charge in [-0.2, -0.15) is 10.5 Å². The number of hydrogen-bond acceptors (Lipinski definition) is 4. The van der Waals surface area contributed by atoms with Gasteiger partial charge in [0.2, 0.25) is 0 Å². The van der Waals surface area contributed by atoms with Crippen molar-refractivity contribution >= 4 is 5.69 Å². The fraction of sp³-hybridized carbons (Fsp3) is 0.125. The van der Waals surface area contributed by atoms with E-state index in [-0.39, 0.29) is 6.61 Å². The summed E-state index contributed by atoms with van der Waals surface area (Å²) in [5.74, 6) is 0.676. The van der Waals surface area contributed by atoms with Crippen molar-refractivity contribution < 1.29 is 4.74 Å². The van der Waals surface area contributed by atoms with E-state index in [9.17, 15) is 0 Å². The van der Waals surface area contributed by atoms with E-state index in [4.69, 9.17) is 15.3 Å². The fourth-order valence-corrected chi connectivity index (χ4v) is 1.69. The van der Waals surface area contributed by atoms with Crippen molar-refractivity contribution in [1.82, 2.24) is 0 Å². The predicted molar refractivity (Wildman–Crippen MR) is 76.0 cm³/mol. The summed E-state index contributed by atoms with van der Waals surface area (Å²) in [5, 5.41) is 20.4. The van der Waals surface area contributed by atoms with Crippen LogP contribution in [0, 0.1) is 22.7 Å². The molecule has 0 aliphatic heterocycles. The molecular weight excluding hydrogens is 250 g/mol. The lowest BCUT2D eigenvalue weighted by Gasteiger charge is -2.08. The number of anilines is 1. The number of nitrogens with zero attached hydrogens (tertiary/aromatic N) is 2. The van der Waals surface area contributed by atoms with Crippen LogP contribution in [0.4, 0.5) is 5.69 Å². The van der Waals surface area contributed by atoms with Gasteiger partial charge in [0, 0.05) is 12.2 Å². The zero-order valence-electron chi connectivity index (χ0n) is 10.8. The molecule has 2 aromatic carbocycles. The smallest absolute Gasteiger partial charge is 0.174 e. The van der Waals surface area contributed by atoms with Gasteiger partial charge >= 0.3 is 0 Å². The molecule has 0 aromatic heterocycles. The minimum Gasteiger partial charge on any atom is -0.479 e. The summed E-state index contributed by atoms with van der Waals surface area (Å²) < 4.78 is 5.18. The van der Waals surface area contributed by atoms with Crippen LogP contribution < -0.4 is 10.1 Å². The fourth-order valence-electron chi connectivity index (χ4n) is 1.69. The van der Waals surface area contributed by atoms with E-state index >= 15 is 0 Å². The largest absolute Gasteiger partial charge is 0.479 e. The summed E-state index contributed by atoms with van der Waals surface area (Å²) >= 11 is 0. The van der Waals surface area contributed by atoms with Crippen LogP contribution in [0.5, 0.6) is 5.75 Å². The average molecular weight is 263 g/mol. The lowest BCUT2D eigenvalue weighted by molar-refractivity contribution is 0.368. The van der Waals surface area contributed by atoms with Gasteiger partial charge in [0.05, 0.1) is 11.6 Å². The Hall–Kier alpha value is -2.98. The highest BCUT2D eigenvalue weighted by molar-refractivity contribution is 5.47. The summed E-state index contributed by atoms with van der Waals surface area (Å²) in [7, 11) is 0. The highest BCUT2D eigenvalue weighted by Crippen LogP contribution is 2.16. The molecule has 4 nitrogen and oxygen atoms in total. The lowest BCUT2D eigenvalue weighted by Crippen LogP contribution is -1.99. The molecule has 2 rings (SSSR count). The summed E-state index contributed by atoms with van der Waals surface area (Å²) in [6.45, 7) is 0.738. The molecule has 0 amide bonds. The summed E-state index contributed by atoms with van der Waals surface area (Å²) in [5.41, 5.74) is 2.74. The maximum Gasteiger partial charge on any atom is 0.174 e. The Morgan fingerprint density at radius 1 is 0.950 bits per heavy atom. The number of hydrogen-bond donors (Lipinski definition) is 1. The molecular formula is C16H13N3O. The molecule has 0 fully saturated rings. The molecule has 0 aliphatic rings. The van der Waals surface area contributed by atoms with Crippen LogP contribution in [-0.2, 0) is 6.54 Å². The van der Waals surface area contributed by atoms with E-state index in [2.05, 4.69) is 11.4 Å². The Kier molecular flexibility index (Phi) is 4.59. The Labute approximate surface area is 117 Å². The van der Waals surface area contributed by atoms with Gasteiger partial charge < -0.3 is 10.1 Å². The molecule has 0 atom stereocenters. The minimum atomic E-state index is 0.0536. The number of benzene rings is 2. The second kappa shape index (κ2) is 6.82. The van der Waals surface area contributed by atoms with E-state index in [1.165, 1.54) is 0 Å². The zero-order chi connectivity index (χ0) is 14.2. The zero-order valence-corrected chi connectivity index (χ0v) is 10.8. The Balaban J connectivity index is 1.90. The van der Waals surface area contributed by atoms with Crippen molar-refractivity contribution in [2.24, 2.45) is 0 Å². The number of nitriles is 2. The van der Waals surface area contributed by atoms with Crippen LogP contribution >= 0.6 is 0 Å². The van der Waals surface area contributed by atoms with Crippen molar-refractivity contribution in [2.45, 2.75) is 6.54 Å². The van der Waals surface area contributed by atoms with Gasteiger partial charge in [-0.1, -0.05) is 12.1 Å². The topological polar surface area (TPSA) is 68.8 Å². The van der Waals surface area contributed by atoms with Crippen LogP contribution in [0.1, 0.15) is 11.1 Å². The second-order valence-electron chi connectivity index (χ2n) is 4.13. The molecule has 0 radical (unpaired) electrons. The van der Waals surface area contributed by atoms with Gasteiger partial charge in [-0.15, -0.1) is 0 Å². The molecule has 2 aromatic rings. The number of ether oxygens (including phenoxy) is 1. The van der Waals surface area contributed by atoms with Crippen molar-refractivity contribution in [2.75, 3.05) is 11.9 Å². The Bertz CT molecular complexity index is 633. The molecule has 20 heavy (non-hydrogen) atoms. The first-order valence-corrected chi connectivity index (χ1v) is 6.14. The first-order valence-electron chi connectivity index (χ1n) is 6.14. The maximum absolute atomic E-state index is 8.73. The van der Waals surface area contributed by atoms with Crippen molar-refractivity contribution in [3.05, 3.63) is 59.7 Å². The third-order valence-corrected chi connectivity index (χ3v) is 2.74. The van der Waals surface area contributed by atoms with Crippen LogP contribution in [0.25, 0.3) is 0 Å². The monoisotopic (exact) mass is 263 g/mol. The van der Waals surface area contributed by atoms with Crippen molar-refractivity contribution in [3.63, 3.8) is 0 Å². The highest BCUT2D eigenvalue weighted by atomic mass is 16.5. The summed E-state index contributed by atoms with van der Waals surface area (Å²) in [6.07, 6.45) is 0. The summed E-state index contributed by atoms with van der Waals surface area (Å²) in [6, 6.07) is 18.9. The standard InChI is InChI=1S/C16H13N3O/c17-9-10-20-16-7-5-15(6-8-16)19-12-14-3-1-13(11-18)2-4-14/h1-8,19H,10,12H2. The van der Waals surface area contributed by atoms with Gasteiger partial charge in [-0.05, 0) is 42.0 Å². The molecule has 0 saturated heterocycles. The lowest BCUT2D eigenvalue weighted by atomic mass is 10.1. The van der Waals surface area contributed by atoms with E-state index in [1.54, 1.807) is 12.1 Å². The molecule has 0 aliphatic carbocycles. The molecule has 1 N–H and O–H groups in total. The van der Waals surface area contributed by atoms with Crippen molar-refractivity contribution in [3.8, 4) is 17.9 Å². The SMILES string of the molecule is N#CCOc1ccc(NCc2ccc(C#N)cc2)cc1. The summed E-state index contributed by atoms with van der Waals surface area (Å²) in [4.78, 5) is 0. The van der Waals surface area contributed by atoms with Gasteiger partial charge in [0.15, 0.2) is 6.61 Å². The van der Waals surface area contributed by atoms with Crippen LogP contribution in [0.2, 0.25) is 0 Å². The quantitative estimate of drug-likeness (QED) is 0.900. The molecule has 4 heteroatoms. The van der Waals surface area contributed by atoms with Gasteiger partial charge in [-0.3, -0.25) is 0 Å². The van der Waals surface area contributed by atoms with E-state index < -0.39 is 0 Å². The molecule has 0 unspecified atom stereocenters. The van der Waals surface area contributed by atoms with Gasteiger partial charge in [0.25, 0.3) is 0 Å². The highest BCUT2D eigenvalue weighted by Gasteiger charge is 1.97. The van der Waals surface area contributed by atoms with E-state index in [0.717, 1.165) is 11.3 Å². The second-order valence-corrected chi connectivity index (χ2v) is 4.13. The predicted octanol–water partition coefficient (Wildman–Crippen LogP) is 3.07. The third kappa shape index (κ3) is 3.76. The van der Waals surface area contributed by atoms with Crippen molar-refractivity contribution in [1.29, 1.82) is 10.5 Å².